The number of thiazole rings is 1. The molecule has 20 heavy (non-hydrogen) atoms. The Morgan fingerprint density at radius 1 is 1.40 bits per heavy atom. The third-order valence-corrected chi connectivity index (χ3v) is 4.62. The minimum atomic E-state index is -0.108. The van der Waals surface area contributed by atoms with Crippen LogP contribution in [0.15, 0.2) is 34.0 Å². The second kappa shape index (κ2) is 6.67. The summed E-state index contributed by atoms with van der Waals surface area (Å²) in [7, 11) is 0. The van der Waals surface area contributed by atoms with E-state index < -0.39 is 0 Å². The normalized spacial score (nSPS) is 10.3. The largest absolute Gasteiger partial charge is 0.325 e. The van der Waals surface area contributed by atoms with E-state index in [1.54, 1.807) is 24.3 Å². The van der Waals surface area contributed by atoms with E-state index in [1.165, 1.54) is 30.0 Å². The first-order valence-electron chi connectivity index (χ1n) is 6.00. The predicted molar refractivity (Wildman–Crippen MR) is 82.7 cm³/mol. The Morgan fingerprint density at radius 2 is 2.20 bits per heavy atom. The molecule has 104 valence electrons. The number of benzene rings is 1. The van der Waals surface area contributed by atoms with Gasteiger partial charge in [-0.15, -0.1) is 11.3 Å². The number of anilines is 1. The van der Waals surface area contributed by atoms with Gasteiger partial charge in [-0.3, -0.25) is 9.59 Å². The minimum absolute atomic E-state index is 0.0197. The van der Waals surface area contributed by atoms with E-state index in [0.717, 1.165) is 10.0 Å². The molecule has 0 saturated carbocycles. The number of hydrogen-bond acceptors (Lipinski definition) is 5. The maximum atomic E-state index is 11.8. The Morgan fingerprint density at radius 3 is 2.85 bits per heavy atom. The van der Waals surface area contributed by atoms with Gasteiger partial charge in [-0.2, -0.15) is 0 Å². The molecule has 6 heteroatoms. The molecule has 1 aromatic carbocycles. The number of nitrogens with one attached hydrogen (secondary N) is 1. The zero-order chi connectivity index (χ0) is 14.5. The van der Waals surface area contributed by atoms with Crippen LogP contribution in [0.4, 0.5) is 5.69 Å². The molecule has 1 amide bonds. The molecule has 4 nitrogen and oxygen atoms in total. The van der Waals surface area contributed by atoms with Crippen LogP contribution < -0.4 is 5.32 Å². The molecule has 0 spiro atoms. The lowest BCUT2D eigenvalue weighted by atomic mass is 10.1. The Balaban J connectivity index is 1.91. The lowest BCUT2D eigenvalue weighted by Crippen LogP contribution is -2.14. The van der Waals surface area contributed by atoms with Crippen molar-refractivity contribution in [3.63, 3.8) is 0 Å². The third kappa shape index (κ3) is 4.18. The molecule has 0 unspecified atom stereocenters. The molecule has 0 atom stereocenters. The summed E-state index contributed by atoms with van der Waals surface area (Å²) in [5, 5.41) is 4.73. The smallest absolute Gasteiger partial charge is 0.234 e. The van der Waals surface area contributed by atoms with Gasteiger partial charge in [0.15, 0.2) is 10.1 Å². The van der Waals surface area contributed by atoms with Crippen LogP contribution in [0.1, 0.15) is 23.0 Å². The Hall–Kier alpha value is -1.66. The summed E-state index contributed by atoms with van der Waals surface area (Å²) in [6.45, 7) is 3.43. The second-order valence-corrected chi connectivity index (χ2v) is 6.31. The number of ketones is 1. The van der Waals surface area contributed by atoms with Gasteiger partial charge in [0.1, 0.15) is 0 Å². The van der Waals surface area contributed by atoms with Crippen LogP contribution in [0.25, 0.3) is 0 Å². The Labute approximate surface area is 125 Å². The summed E-state index contributed by atoms with van der Waals surface area (Å²) >= 11 is 2.94. The Kier molecular flexibility index (Phi) is 4.92. The Bertz CT molecular complexity index is 638. The van der Waals surface area contributed by atoms with E-state index in [4.69, 9.17) is 0 Å². The first-order valence-corrected chi connectivity index (χ1v) is 7.87. The highest BCUT2D eigenvalue weighted by atomic mass is 32.2. The molecule has 0 aliphatic rings. The van der Waals surface area contributed by atoms with Gasteiger partial charge < -0.3 is 5.32 Å². The fourth-order valence-electron chi connectivity index (χ4n) is 1.54. The number of aryl methyl sites for hydroxylation is 1. The van der Waals surface area contributed by atoms with Crippen LogP contribution in [-0.2, 0) is 4.79 Å². The SMILES string of the molecule is CC(=O)c1cccc(NC(=O)CSc2nc(C)cs2)c1. The fraction of sp³-hybridized carbons (Fsp3) is 0.214. The third-order valence-electron chi connectivity index (χ3n) is 2.48. The average Bonchev–Trinajstić information content (AvgIpc) is 2.82. The number of amides is 1. The van der Waals surface area contributed by atoms with Crippen LogP contribution in [0.3, 0.4) is 0 Å². The van der Waals surface area contributed by atoms with E-state index in [2.05, 4.69) is 10.3 Å². The van der Waals surface area contributed by atoms with Crippen molar-refractivity contribution in [1.29, 1.82) is 0 Å². The standard InChI is InChI=1S/C14H14N2O2S2/c1-9-7-19-14(15-9)20-8-13(18)16-12-5-3-4-11(6-12)10(2)17/h3-7H,8H2,1-2H3,(H,16,18). The van der Waals surface area contributed by atoms with Crippen LogP contribution in [0, 0.1) is 6.92 Å². The van der Waals surface area contributed by atoms with Gasteiger partial charge in [0.25, 0.3) is 0 Å². The van der Waals surface area contributed by atoms with Crippen molar-refractivity contribution >= 4 is 40.5 Å². The summed E-state index contributed by atoms with van der Waals surface area (Å²) in [5.74, 6) is 0.175. The number of nitrogens with zero attached hydrogens (tertiary/aromatic N) is 1. The number of rotatable bonds is 5. The molecule has 1 heterocycles. The number of hydrogen-bond donors (Lipinski definition) is 1. The zero-order valence-electron chi connectivity index (χ0n) is 11.2. The first kappa shape index (κ1) is 14.7. The van der Waals surface area contributed by atoms with Crippen LogP contribution >= 0.6 is 23.1 Å². The summed E-state index contributed by atoms with van der Waals surface area (Å²) in [5.41, 5.74) is 2.19. The van der Waals surface area contributed by atoms with E-state index in [1.807, 2.05) is 12.3 Å². The number of thioether (sulfide) groups is 1. The molecular weight excluding hydrogens is 292 g/mol. The van der Waals surface area contributed by atoms with Gasteiger partial charge in [0.2, 0.25) is 5.91 Å². The summed E-state index contributed by atoms with van der Waals surface area (Å²) in [6.07, 6.45) is 0. The van der Waals surface area contributed by atoms with E-state index in [-0.39, 0.29) is 11.7 Å². The van der Waals surface area contributed by atoms with Crippen molar-refractivity contribution in [3.05, 3.63) is 40.9 Å². The quantitative estimate of drug-likeness (QED) is 0.679. The average molecular weight is 306 g/mol. The van der Waals surface area contributed by atoms with Gasteiger partial charge in [-0.25, -0.2) is 4.98 Å². The number of aromatic nitrogens is 1. The van der Waals surface area contributed by atoms with Gasteiger partial charge in [-0.05, 0) is 26.0 Å². The molecular formula is C14H14N2O2S2. The van der Waals surface area contributed by atoms with Crippen molar-refractivity contribution in [1.82, 2.24) is 4.98 Å². The first-order chi connectivity index (χ1) is 9.54. The summed E-state index contributed by atoms with van der Waals surface area (Å²) in [4.78, 5) is 27.4. The van der Waals surface area contributed by atoms with Crippen molar-refractivity contribution in [3.8, 4) is 0 Å². The highest BCUT2D eigenvalue weighted by molar-refractivity contribution is 8.01. The van der Waals surface area contributed by atoms with Crippen molar-refractivity contribution in [2.45, 2.75) is 18.2 Å². The highest BCUT2D eigenvalue weighted by Crippen LogP contribution is 2.22. The van der Waals surface area contributed by atoms with Crippen LogP contribution in [-0.4, -0.2) is 22.4 Å². The molecule has 2 rings (SSSR count). The van der Waals surface area contributed by atoms with E-state index >= 15 is 0 Å². The lowest BCUT2D eigenvalue weighted by molar-refractivity contribution is -0.113. The van der Waals surface area contributed by atoms with Crippen molar-refractivity contribution in [2.75, 3.05) is 11.1 Å². The molecule has 0 fully saturated rings. The van der Waals surface area contributed by atoms with Gasteiger partial charge in [0.05, 0.1) is 5.75 Å². The monoisotopic (exact) mass is 306 g/mol. The lowest BCUT2D eigenvalue weighted by Gasteiger charge is -2.05. The van der Waals surface area contributed by atoms with E-state index in [9.17, 15) is 9.59 Å². The van der Waals surface area contributed by atoms with Gasteiger partial charge in [-0.1, -0.05) is 23.9 Å². The number of Topliss-reactive ketones (excluding diaryl/α,β-unsaturated/α-hetero) is 1. The molecule has 0 bridgehead atoms. The van der Waals surface area contributed by atoms with Gasteiger partial charge in [0, 0.05) is 22.3 Å². The second-order valence-electron chi connectivity index (χ2n) is 4.23. The predicted octanol–water partition coefficient (Wildman–Crippen LogP) is 3.38. The molecule has 1 N–H and O–H groups in total. The summed E-state index contributed by atoms with van der Waals surface area (Å²) < 4.78 is 0.884. The number of carbonyl (C=O) groups excluding carboxylic acids is 2. The van der Waals surface area contributed by atoms with Gasteiger partial charge >= 0.3 is 0 Å². The van der Waals surface area contributed by atoms with Crippen LogP contribution in [0.2, 0.25) is 0 Å². The topological polar surface area (TPSA) is 59.1 Å². The number of carbonyl (C=O) groups is 2. The maximum absolute atomic E-state index is 11.8. The fourth-order valence-corrected chi connectivity index (χ4v) is 3.19. The molecule has 0 radical (unpaired) electrons. The zero-order valence-corrected chi connectivity index (χ0v) is 12.8. The van der Waals surface area contributed by atoms with Crippen molar-refractivity contribution < 1.29 is 9.59 Å². The molecule has 0 saturated heterocycles. The molecule has 2 aromatic rings. The minimum Gasteiger partial charge on any atom is -0.325 e. The molecule has 0 aliphatic carbocycles. The van der Waals surface area contributed by atoms with E-state index in [0.29, 0.717) is 17.0 Å². The highest BCUT2D eigenvalue weighted by Gasteiger charge is 2.07. The van der Waals surface area contributed by atoms with Crippen molar-refractivity contribution in [2.24, 2.45) is 0 Å². The summed E-state index contributed by atoms with van der Waals surface area (Å²) in [6, 6.07) is 6.93. The maximum Gasteiger partial charge on any atom is 0.234 e. The molecule has 1 aromatic heterocycles. The van der Waals surface area contributed by atoms with Crippen LogP contribution in [0.5, 0.6) is 0 Å². The molecule has 0 aliphatic heterocycles.